The molecule has 0 saturated carbocycles. The molecular weight excluding hydrogens is 336 g/mol. The highest BCUT2D eigenvalue weighted by Gasteiger charge is 2.36. The standard InChI is InChI=1S/C23H26N2O2/c1-16(2)25-22(26)18-9-7-17(8-10-18)20-15-23(11-13-24-14-12-23)27-21-6-4-3-5-19(20)21/h3-10,15-16,24H,11-14H2,1-2H3,(H,25,26). The molecule has 2 N–H and O–H groups in total. The van der Waals surface area contributed by atoms with Gasteiger partial charge in [0.1, 0.15) is 11.4 Å². The number of fused-ring (bicyclic) bond motifs is 1. The van der Waals surface area contributed by atoms with Crippen molar-refractivity contribution in [2.75, 3.05) is 13.1 Å². The summed E-state index contributed by atoms with van der Waals surface area (Å²) in [6.07, 6.45) is 4.21. The van der Waals surface area contributed by atoms with Crippen molar-refractivity contribution in [3.63, 3.8) is 0 Å². The third-order valence-corrected chi connectivity index (χ3v) is 5.23. The van der Waals surface area contributed by atoms with Gasteiger partial charge in [0.25, 0.3) is 5.91 Å². The number of piperidine rings is 1. The molecule has 27 heavy (non-hydrogen) atoms. The number of carbonyl (C=O) groups excluding carboxylic acids is 1. The fourth-order valence-corrected chi connectivity index (χ4v) is 3.85. The zero-order chi connectivity index (χ0) is 18.9. The maximum Gasteiger partial charge on any atom is 0.251 e. The zero-order valence-electron chi connectivity index (χ0n) is 15.9. The van der Waals surface area contributed by atoms with Crippen LogP contribution >= 0.6 is 0 Å². The van der Waals surface area contributed by atoms with E-state index in [1.165, 1.54) is 5.57 Å². The third-order valence-electron chi connectivity index (χ3n) is 5.23. The fraction of sp³-hybridized carbons (Fsp3) is 0.348. The minimum atomic E-state index is -0.247. The van der Waals surface area contributed by atoms with Gasteiger partial charge in [0.05, 0.1) is 0 Å². The number of ether oxygens (including phenoxy) is 1. The van der Waals surface area contributed by atoms with E-state index in [1.54, 1.807) is 0 Å². The lowest BCUT2D eigenvalue weighted by Crippen LogP contribution is -2.46. The summed E-state index contributed by atoms with van der Waals surface area (Å²) in [5, 5.41) is 6.36. The average Bonchev–Trinajstić information content (AvgIpc) is 2.67. The van der Waals surface area contributed by atoms with Crippen LogP contribution in [0.25, 0.3) is 5.57 Å². The first-order valence-electron chi connectivity index (χ1n) is 9.70. The van der Waals surface area contributed by atoms with Gasteiger partial charge >= 0.3 is 0 Å². The number of hydrogen-bond acceptors (Lipinski definition) is 3. The number of para-hydroxylation sites is 1. The second kappa shape index (κ2) is 7.20. The van der Waals surface area contributed by atoms with Crippen LogP contribution in [0, 0.1) is 0 Å². The molecule has 4 rings (SSSR count). The first-order chi connectivity index (χ1) is 13.1. The molecule has 2 aliphatic heterocycles. The lowest BCUT2D eigenvalue weighted by atomic mass is 9.83. The molecule has 2 aliphatic rings. The summed E-state index contributed by atoms with van der Waals surface area (Å²) in [4.78, 5) is 12.2. The van der Waals surface area contributed by atoms with Gasteiger partial charge in [0.2, 0.25) is 0 Å². The Morgan fingerprint density at radius 2 is 1.78 bits per heavy atom. The summed E-state index contributed by atoms with van der Waals surface area (Å²) in [5.41, 5.74) is 3.85. The van der Waals surface area contributed by atoms with E-state index in [2.05, 4.69) is 28.8 Å². The van der Waals surface area contributed by atoms with Gasteiger partial charge in [-0.3, -0.25) is 4.79 Å². The van der Waals surface area contributed by atoms with E-state index in [1.807, 2.05) is 50.2 Å². The average molecular weight is 362 g/mol. The van der Waals surface area contributed by atoms with Gasteiger partial charge in [-0.15, -0.1) is 0 Å². The highest BCUT2D eigenvalue weighted by atomic mass is 16.5. The summed E-state index contributed by atoms with van der Waals surface area (Å²) in [5.74, 6) is 0.909. The number of nitrogens with one attached hydrogen (secondary N) is 2. The Hall–Kier alpha value is -2.59. The monoisotopic (exact) mass is 362 g/mol. The van der Waals surface area contributed by atoms with Crippen LogP contribution in [-0.4, -0.2) is 30.6 Å². The van der Waals surface area contributed by atoms with Gasteiger partial charge in [-0.05, 0) is 62.3 Å². The predicted molar refractivity (Wildman–Crippen MR) is 108 cm³/mol. The molecule has 0 aromatic heterocycles. The van der Waals surface area contributed by atoms with Gasteiger partial charge in [-0.25, -0.2) is 0 Å². The molecule has 0 bridgehead atoms. The highest BCUT2D eigenvalue weighted by Crippen LogP contribution is 2.42. The second-order valence-corrected chi connectivity index (χ2v) is 7.68. The fourth-order valence-electron chi connectivity index (χ4n) is 3.85. The van der Waals surface area contributed by atoms with Crippen LogP contribution in [0.3, 0.4) is 0 Å². The molecule has 0 radical (unpaired) electrons. The molecule has 2 aromatic carbocycles. The molecule has 1 spiro atoms. The molecule has 0 aliphatic carbocycles. The van der Waals surface area contributed by atoms with Crippen LogP contribution in [0.15, 0.2) is 54.6 Å². The first-order valence-corrected chi connectivity index (χ1v) is 9.70. The molecule has 4 nitrogen and oxygen atoms in total. The van der Waals surface area contributed by atoms with Crippen molar-refractivity contribution in [1.29, 1.82) is 0 Å². The minimum Gasteiger partial charge on any atom is -0.482 e. The molecule has 2 aromatic rings. The van der Waals surface area contributed by atoms with Crippen molar-refractivity contribution in [3.05, 3.63) is 71.3 Å². The van der Waals surface area contributed by atoms with Gasteiger partial charge < -0.3 is 15.4 Å². The van der Waals surface area contributed by atoms with Crippen LogP contribution in [0.2, 0.25) is 0 Å². The smallest absolute Gasteiger partial charge is 0.251 e. The van der Waals surface area contributed by atoms with Crippen LogP contribution in [0.1, 0.15) is 48.2 Å². The van der Waals surface area contributed by atoms with Gasteiger partial charge in [0.15, 0.2) is 0 Å². The van der Waals surface area contributed by atoms with Crippen molar-refractivity contribution >= 4 is 11.5 Å². The molecule has 140 valence electrons. The van der Waals surface area contributed by atoms with Crippen molar-refractivity contribution in [3.8, 4) is 5.75 Å². The van der Waals surface area contributed by atoms with Crippen molar-refractivity contribution in [1.82, 2.24) is 10.6 Å². The molecule has 1 fully saturated rings. The summed E-state index contributed by atoms with van der Waals surface area (Å²) in [6.45, 7) is 5.85. The summed E-state index contributed by atoms with van der Waals surface area (Å²) in [6, 6.07) is 16.2. The molecule has 0 unspecified atom stereocenters. The quantitative estimate of drug-likeness (QED) is 0.874. The highest BCUT2D eigenvalue weighted by molar-refractivity contribution is 5.95. The molecule has 1 amide bonds. The molecule has 4 heteroatoms. The lowest BCUT2D eigenvalue weighted by molar-refractivity contribution is 0.0816. The van der Waals surface area contributed by atoms with Crippen LogP contribution in [0.4, 0.5) is 0 Å². The SMILES string of the molecule is CC(C)NC(=O)c1ccc(C2=CC3(CCNCC3)Oc3ccccc32)cc1. The van der Waals surface area contributed by atoms with E-state index in [9.17, 15) is 4.79 Å². The summed E-state index contributed by atoms with van der Waals surface area (Å²) in [7, 11) is 0. The van der Waals surface area contributed by atoms with Crippen LogP contribution in [0.5, 0.6) is 5.75 Å². The van der Waals surface area contributed by atoms with Crippen molar-refractivity contribution in [2.24, 2.45) is 0 Å². The number of benzene rings is 2. The maximum absolute atomic E-state index is 12.2. The Kier molecular flexibility index (Phi) is 4.75. The van der Waals surface area contributed by atoms with Crippen molar-refractivity contribution in [2.45, 2.75) is 38.3 Å². The van der Waals surface area contributed by atoms with Crippen LogP contribution in [-0.2, 0) is 0 Å². The number of carbonyl (C=O) groups is 1. The van der Waals surface area contributed by atoms with E-state index < -0.39 is 0 Å². The maximum atomic E-state index is 12.2. The van der Waals surface area contributed by atoms with Crippen molar-refractivity contribution < 1.29 is 9.53 Å². The zero-order valence-corrected chi connectivity index (χ0v) is 15.9. The lowest BCUT2D eigenvalue weighted by Gasteiger charge is -2.40. The van der Waals surface area contributed by atoms with Gasteiger partial charge in [-0.1, -0.05) is 30.3 Å². The van der Waals surface area contributed by atoms with E-state index >= 15 is 0 Å². The number of rotatable bonds is 3. The molecular formula is C23H26N2O2. The third kappa shape index (κ3) is 3.62. The number of amides is 1. The Bertz CT molecular complexity index is 862. The van der Waals surface area contributed by atoms with Crippen LogP contribution < -0.4 is 15.4 Å². The first kappa shape index (κ1) is 17.8. The summed E-state index contributed by atoms with van der Waals surface area (Å²) < 4.78 is 6.44. The van der Waals surface area contributed by atoms with E-state index in [0.29, 0.717) is 5.56 Å². The topological polar surface area (TPSA) is 50.4 Å². The summed E-state index contributed by atoms with van der Waals surface area (Å²) >= 11 is 0. The second-order valence-electron chi connectivity index (χ2n) is 7.68. The van der Waals surface area contributed by atoms with E-state index in [0.717, 1.165) is 42.8 Å². The largest absolute Gasteiger partial charge is 0.482 e. The molecule has 2 heterocycles. The molecule has 1 saturated heterocycles. The Morgan fingerprint density at radius 3 is 2.48 bits per heavy atom. The molecule has 0 atom stereocenters. The Labute approximate surface area is 160 Å². The van der Waals surface area contributed by atoms with E-state index in [-0.39, 0.29) is 17.6 Å². The van der Waals surface area contributed by atoms with E-state index in [4.69, 9.17) is 4.74 Å². The van der Waals surface area contributed by atoms with Gasteiger partial charge in [-0.2, -0.15) is 0 Å². The predicted octanol–water partition coefficient (Wildman–Crippen LogP) is 3.77. The Balaban J connectivity index is 1.70. The normalized spacial score (nSPS) is 17.8. The minimum absolute atomic E-state index is 0.0345. The Morgan fingerprint density at radius 1 is 1.07 bits per heavy atom. The number of hydrogen-bond donors (Lipinski definition) is 2. The van der Waals surface area contributed by atoms with Gasteiger partial charge in [0, 0.05) is 30.0 Å².